The molecule has 5 nitrogen and oxygen atoms in total. The molecule has 5 heteroatoms. The normalized spacial score (nSPS) is 10.6. The SMILES string of the molecule is CC(C)(CC(N)=O)Nc1cnccc1C#N. The van der Waals surface area contributed by atoms with Crippen LogP contribution in [0.15, 0.2) is 18.5 Å². The van der Waals surface area contributed by atoms with Crippen LogP contribution in [0.1, 0.15) is 25.8 Å². The molecule has 0 aliphatic heterocycles. The molecule has 84 valence electrons. The van der Waals surface area contributed by atoms with Crippen LogP contribution in [-0.4, -0.2) is 16.4 Å². The van der Waals surface area contributed by atoms with Crippen LogP contribution in [0.2, 0.25) is 0 Å². The summed E-state index contributed by atoms with van der Waals surface area (Å²) in [5.74, 6) is -0.389. The van der Waals surface area contributed by atoms with Crippen LogP contribution in [-0.2, 0) is 4.79 Å². The summed E-state index contributed by atoms with van der Waals surface area (Å²) in [6.45, 7) is 3.68. The topological polar surface area (TPSA) is 91.8 Å². The second kappa shape index (κ2) is 4.62. The standard InChI is InChI=1S/C11H14N4O/c1-11(2,5-10(13)16)15-9-7-14-4-3-8(9)6-12/h3-4,7,15H,5H2,1-2H3,(H2,13,16). The Bertz CT molecular complexity index is 434. The number of hydrogen-bond acceptors (Lipinski definition) is 4. The molecule has 0 aliphatic carbocycles. The summed E-state index contributed by atoms with van der Waals surface area (Å²) in [4.78, 5) is 14.8. The lowest BCUT2D eigenvalue weighted by Crippen LogP contribution is -2.36. The summed E-state index contributed by atoms with van der Waals surface area (Å²) in [5, 5.41) is 12.0. The number of carbonyl (C=O) groups excluding carboxylic acids is 1. The maximum atomic E-state index is 10.9. The average molecular weight is 218 g/mol. The average Bonchev–Trinajstić information content (AvgIpc) is 2.15. The van der Waals surface area contributed by atoms with E-state index in [0.29, 0.717) is 11.3 Å². The van der Waals surface area contributed by atoms with Crippen molar-refractivity contribution in [3.63, 3.8) is 0 Å². The predicted molar refractivity (Wildman–Crippen MR) is 60.5 cm³/mol. The molecule has 3 N–H and O–H groups in total. The summed E-state index contributed by atoms with van der Waals surface area (Å²) in [6, 6.07) is 3.67. The third-order valence-corrected chi connectivity index (χ3v) is 2.03. The van der Waals surface area contributed by atoms with Crippen LogP contribution in [0.3, 0.4) is 0 Å². The van der Waals surface area contributed by atoms with E-state index in [1.54, 1.807) is 18.5 Å². The number of amides is 1. The second-order valence-corrected chi connectivity index (χ2v) is 4.19. The van der Waals surface area contributed by atoms with Gasteiger partial charge in [-0.05, 0) is 19.9 Å². The highest BCUT2D eigenvalue weighted by Gasteiger charge is 2.21. The maximum Gasteiger partial charge on any atom is 0.219 e. The molecule has 1 amide bonds. The van der Waals surface area contributed by atoms with E-state index in [9.17, 15) is 4.79 Å². The molecular weight excluding hydrogens is 204 g/mol. The highest BCUT2D eigenvalue weighted by Crippen LogP contribution is 2.20. The molecular formula is C11H14N4O. The Morgan fingerprint density at radius 3 is 2.94 bits per heavy atom. The zero-order chi connectivity index (χ0) is 12.2. The van der Waals surface area contributed by atoms with E-state index in [1.807, 2.05) is 13.8 Å². The molecule has 0 spiro atoms. The Kier molecular flexibility index (Phi) is 3.46. The lowest BCUT2D eigenvalue weighted by molar-refractivity contribution is -0.118. The van der Waals surface area contributed by atoms with Gasteiger partial charge in [0.05, 0.1) is 17.4 Å². The number of nitrogens with zero attached hydrogens (tertiary/aromatic N) is 2. The highest BCUT2D eigenvalue weighted by atomic mass is 16.1. The number of nitrogens with one attached hydrogen (secondary N) is 1. The molecule has 0 fully saturated rings. The van der Waals surface area contributed by atoms with Gasteiger partial charge < -0.3 is 11.1 Å². The van der Waals surface area contributed by atoms with Gasteiger partial charge in [-0.2, -0.15) is 5.26 Å². The molecule has 1 heterocycles. The van der Waals surface area contributed by atoms with Gasteiger partial charge in [0.2, 0.25) is 5.91 Å². The van der Waals surface area contributed by atoms with Gasteiger partial charge in [-0.3, -0.25) is 9.78 Å². The van der Waals surface area contributed by atoms with Crippen molar-refractivity contribution >= 4 is 11.6 Å². The fourth-order valence-corrected chi connectivity index (χ4v) is 1.44. The lowest BCUT2D eigenvalue weighted by atomic mass is 9.99. The van der Waals surface area contributed by atoms with Gasteiger partial charge in [0, 0.05) is 18.2 Å². The van der Waals surface area contributed by atoms with Crippen LogP contribution in [0.5, 0.6) is 0 Å². The number of anilines is 1. The van der Waals surface area contributed by atoms with Gasteiger partial charge >= 0.3 is 0 Å². The van der Waals surface area contributed by atoms with Crippen molar-refractivity contribution < 1.29 is 4.79 Å². The van der Waals surface area contributed by atoms with Crippen molar-refractivity contribution in [1.82, 2.24) is 4.98 Å². The predicted octanol–water partition coefficient (Wildman–Crippen LogP) is 1.02. The minimum absolute atomic E-state index is 0.187. The van der Waals surface area contributed by atoms with E-state index >= 15 is 0 Å². The van der Waals surface area contributed by atoms with Gasteiger partial charge in [0.1, 0.15) is 6.07 Å². The molecule has 1 aromatic heterocycles. The number of primary amides is 1. The molecule has 0 aliphatic rings. The molecule has 0 radical (unpaired) electrons. The number of aromatic nitrogens is 1. The Labute approximate surface area is 94.3 Å². The zero-order valence-corrected chi connectivity index (χ0v) is 9.32. The number of rotatable bonds is 4. The zero-order valence-electron chi connectivity index (χ0n) is 9.32. The van der Waals surface area contributed by atoms with E-state index < -0.39 is 5.54 Å². The quantitative estimate of drug-likeness (QED) is 0.789. The Morgan fingerprint density at radius 1 is 1.69 bits per heavy atom. The Balaban J connectivity index is 2.88. The number of carbonyl (C=O) groups is 1. The highest BCUT2D eigenvalue weighted by molar-refractivity contribution is 5.76. The fraction of sp³-hybridized carbons (Fsp3) is 0.364. The number of hydrogen-bond donors (Lipinski definition) is 2. The van der Waals surface area contributed by atoms with Crippen molar-refractivity contribution in [3.05, 3.63) is 24.0 Å². The van der Waals surface area contributed by atoms with Crippen molar-refractivity contribution in [2.75, 3.05) is 5.32 Å². The van der Waals surface area contributed by atoms with E-state index in [0.717, 1.165) is 0 Å². The maximum absolute atomic E-state index is 10.9. The summed E-state index contributed by atoms with van der Waals surface area (Å²) >= 11 is 0. The number of nitrogens with two attached hydrogens (primary N) is 1. The molecule has 0 atom stereocenters. The second-order valence-electron chi connectivity index (χ2n) is 4.19. The fourth-order valence-electron chi connectivity index (χ4n) is 1.44. The molecule has 0 aromatic carbocycles. The first kappa shape index (κ1) is 12.0. The summed E-state index contributed by atoms with van der Waals surface area (Å²) in [6.07, 6.45) is 3.29. The van der Waals surface area contributed by atoms with Gasteiger partial charge in [-0.25, -0.2) is 0 Å². The number of nitriles is 1. The van der Waals surface area contributed by atoms with Crippen LogP contribution in [0.25, 0.3) is 0 Å². The molecule has 1 aromatic rings. The van der Waals surface area contributed by atoms with Crippen molar-refractivity contribution in [2.45, 2.75) is 25.8 Å². The van der Waals surface area contributed by atoms with Gasteiger partial charge in [-0.1, -0.05) is 0 Å². The first-order chi connectivity index (χ1) is 7.44. The molecule has 0 saturated carbocycles. The third-order valence-electron chi connectivity index (χ3n) is 2.03. The van der Waals surface area contributed by atoms with E-state index in [4.69, 9.17) is 11.0 Å². The van der Waals surface area contributed by atoms with Crippen molar-refractivity contribution in [3.8, 4) is 6.07 Å². The van der Waals surface area contributed by atoms with Crippen molar-refractivity contribution in [2.24, 2.45) is 5.73 Å². The lowest BCUT2D eigenvalue weighted by Gasteiger charge is -2.26. The summed E-state index contributed by atoms with van der Waals surface area (Å²) in [5.41, 5.74) is 5.74. The Morgan fingerprint density at radius 2 is 2.38 bits per heavy atom. The van der Waals surface area contributed by atoms with Crippen LogP contribution in [0.4, 0.5) is 5.69 Å². The minimum Gasteiger partial charge on any atom is -0.377 e. The molecule has 0 unspecified atom stereocenters. The molecule has 16 heavy (non-hydrogen) atoms. The third kappa shape index (κ3) is 3.24. The largest absolute Gasteiger partial charge is 0.377 e. The van der Waals surface area contributed by atoms with Gasteiger partial charge in [0.15, 0.2) is 0 Å². The first-order valence-electron chi connectivity index (χ1n) is 4.85. The van der Waals surface area contributed by atoms with E-state index in [2.05, 4.69) is 16.4 Å². The molecule has 0 saturated heterocycles. The smallest absolute Gasteiger partial charge is 0.219 e. The van der Waals surface area contributed by atoms with Gasteiger partial charge in [-0.15, -0.1) is 0 Å². The van der Waals surface area contributed by atoms with Gasteiger partial charge in [0.25, 0.3) is 0 Å². The minimum atomic E-state index is -0.500. The van der Waals surface area contributed by atoms with Crippen LogP contribution >= 0.6 is 0 Å². The Hall–Kier alpha value is -2.09. The number of pyridine rings is 1. The first-order valence-corrected chi connectivity index (χ1v) is 4.85. The summed E-state index contributed by atoms with van der Waals surface area (Å²) < 4.78 is 0. The van der Waals surface area contributed by atoms with Crippen LogP contribution < -0.4 is 11.1 Å². The van der Waals surface area contributed by atoms with Crippen LogP contribution in [0, 0.1) is 11.3 Å². The summed E-state index contributed by atoms with van der Waals surface area (Å²) in [7, 11) is 0. The molecule has 1 rings (SSSR count). The van der Waals surface area contributed by atoms with Crippen molar-refractivity contribution in [1.29, 1.82) is 5.26 Å². The monoisotopic (exact) mass is 218 g/mol. The van der Waals surface area contributed by atoms with E-state index in [-0.39, 0.29) is 12.3 Å². The molecule has 0 bridgehead atoms. The van der Waals surface area contributed by atoms with E-state index in [1.165, 1.54) is 0 Å².